The van der Waals surface area contributed by atoms with Crippen LogP contribution in [0.5, 0.6) is 0 Å². The molecule has 0 saturated heterocycles. The first-order chi connectivity index (χ1) is 11.7. The van der Waals surface area contributed by atoms with Gasteiger partial charge in [-0.15, -0.1) is 11.3 Å². The number of carbonyl (C=O) groups is 2. The average molecular weight is 337 g/mol. The Balaban J connectivity index is 1.95. The van der Waals surface area contributed by atoms with Crippen LogP contribution in [-0.2, 0) is 6.54 Å². The zero-order chi connectivity index (χ0) is 16.9. The minimum atomic E-state index is -1.12. The van der Waals surface area contributed by atoms with Gasteiger partial charge in [-0.25, -0.2) is 4.79 Å². The van der Waals surface area contributed by atoms with Gasteiger partial charge in [0.05, 0.1) is 17.7 Å². The minimum absolute atomic E-state index is 0.0207. The molecule has 0 fully saturated rings. The first-order valence-corrected chi connectivity index (χ1v) is 8.27. The number of rotatable bonds is 5. The van der Waals surface area contributed by atoms with Crippen molar-refractivity contribution in [1.82, 2.24) is 5.32 Å². The Morgan fingerprint density at radius 2 is 1.75 bits per heavy atom. The van der Waals surface area contributed by atoms with E-state index in [-0.39, 0.29) is 11.1 Å². The fourth-order valence-corrected chi connectivity index (χ4v) is 3.15. The molecule has 3 aromatic rings. The molecule has 3 rings (SSSR count). The van der Waals surface area contributed by atoms with Gasteiger partial charge in [-0.2, -0.15) is 0 Å². The largest absolute Gasteiger partial charge is 0.478 e. The molecule has 4 nitrogen and oxygen atoms in total. The molecule has 0 aliphatic carbocycles. The molecular weight excluding hydrogens is 322 g/mol. The van der Waals surface area contributed by atoms with Gasteiger partial charge >= 0.3 is 5.97 Å². The maximum Gasteiger partial charge on any atom is 0.337 e. The molecule has 0 aliphatic heterocycles. The Hall–Kier alpha value is -2.92. The normalized spacial score (nSPS) is 10.3. The van der Waals surface area contributed by atoms with Crippen molar-refractivity contribution in [3.63, 3.8) is 0 Å². The third-order valence-electron chi connectivity index (χ3n) is 3.61. The Labute approximate surface area is 143 Å². The van der Waals surface area contributed by atoms with Crippen LogP contribution in [0.25, 0.3) is 11.1 Å². The SMILES string of the molecule is O=C(NCc1cccs1)c1cccc(-c2ccccc2)c1C(=O)O. The van der Waals surface area contributed by atoms with E-state index in [0.29, 0.717) is 12.1 Å². The van der Waals surface area contributed by atoms with Crippen molar-refractivity contribution in [3.05, 3.63) is 82.0 Å². The van der Waals surface area contributed by atoms with Crippen LogP contribution in [0.4, 0.5) is 0 Å². The summed E-state index contributed by atoms with van der Waals surface area (Å²) in [6.45, 7) is 0.380. The zero-order valence-electron chi connectivity index (χ0n) is 12.7. The zero-order valence-corrected chi connectivity index (χ0v) is 13.5. The van der Waals surface area contributed by atoms with E-state index in [4.69, 9.17) is 0 Å². The van der Waals surface area contributed by atoms with Gasteiger partial charge in [-0.1, -0.05) is 48.5 Å². The van der Waals surface area contributed by atoms with Crippen LogP contribution in [0.1, 0.15) is 25.6 Å². The van der Waals surface area contributed by atoms with Crippen LogP contribution in [0.15, 0.2) is 66.0 Å². The monoisotopic (exact) mass is 337 g/mol. The van der Waals surface area contributed by atoms with E-state index in [1.54, 1.807) is 18.2 Å². The number of carboxylic acids is 1. The molecule has 0 saturated carbocycles. The summed E-state index contributed by atoms with van der Waals surface area (Å²) in [5, 5.41) is 14.3. The van der Waals surface area contributed by atoms with Gasteiger partial charge in [0.25, 0.3) is 5.91 Å². The predicted octanol–water partition coefficient (Wildman–Crippen LogP) is 4.04. The number of thiophene rings is 1. The average Bonchev–Trinajstić information content (AvgIpc) is 3.13. The van der Waals surface area contributed by atoms with Crippen LogP contribution in [-0.4, -0.2) is 17.0 Å². The van der Waals surface area contributed by atoms with Crippen LogP contribution in [0.2, 0.25) is 0 Å². The lowest BCUT2D eigenvalue weighted by atomic mass is 9.95. The highest BCUT2D eigenvalue weighted by Gasteiger charge is 2.21. The number of aromatic carboxylic acids is 1. The summed E-state index contributed by atoms with van der Waals surface area (Å²) in [6, 6.07) is 18.0. The van der Waals surface area contributed by atoms with Crippen molar-refractivity contribution < 1.29 is 14.7 Å². The Bertz CT molecular complexity index is 858. The molecule has 0 radical (unpaired) electrons. The second-order valence-corrected chi connectivity index (χ2v) is 6.19. The maximum absolute atomic E-state index is 12.5. The molecule has 0 aliphatic rings. The smallest absolute Gasteiger partial charge is 0.337 e. The molecule has 0 unspecified atom stereocenters. The number of hydrogen-bond donors (Lipinski definition) is 2. The summed E-state index contributed by atoms with van der Waals surface area (Å²) in [5.74, 6) is -1.51. The maximum atomic E-state index is 12.5. The van der Waals surface area contributed by atoms with Gasteiger partial charge in [-0.05, 0) is 28.6 Å². The summed E-state index contributed by atoms with van der Waals surface area (Å²) in [4.78, 5) is 25.3. The van der Waals surface area contributed by atoms with Crippen molar-refractivity contribution in [1.29, 1.82) is 0 Å². The molecule has 0 atom stereocenters. The fraction of sp³-hybridized carbons (Fsp3) is 0.0526. The second-order valence-electron chi connectivity index (χ2n) is 5.16. The first kappa shape index (κ1) is 16.0. The first-order valence-electron chi connectivity index (χ1n) is 7.39. The molecule has 0 bridgehead atoms. The molecule has 2 aromatic carbocycles. The summed E-state index contributed by atoms with van der Waals surface area (Å²) >= 11 is 1.54. The summed E-state index contributed by atoms with van der Waals surface area (Å²) < 4.78 is 0. The number of nitrogens with one attached hydrogen (secondary N) is 1. The number of amides is 1. The molecule has 0 spiro atoms. The third-order valence-corrected chi connectivity index (χ3v) is 4.49. The summed E-state index contributed by atoms with van der Waals surface area (Å²) in [7, 11) is 0. The lowest BCUT2D eigenvalue weighted by Crippen LogP contribution is -2.25. The quantitative estimate of drug-likeness (QED) is 0.738. The van der Waals surface area contributed by atoms with Crippen molar-refractivity contribution in [2.45, 2.75) is 6.54 Å². The predicted molar refractivity (Wildman–Crippen MR) is 94.3 cm³/mol. The van der Waals surface area contributed by atoms with Crippen molar-refractivity contribution in [2.75, 3.05) is 0 Å². The summed E-state index contributed by atoms with van der Waals surface area (Å²) in [6.07, 6.45) is 0. The molecule has 1 heterocycles. The number of hydrogen-bond acceptors (Lipinski definition) is 3. The highest BCUT2D eigenvalue weighted by Crippen LogP contribution is 2.26. The van der Waals surface area contributed by atoms with Crippen LogP contribution in [0.3, 0.4) is 0 Å². The van der Waals surface area contributed by atoms with Gasteiger partial charge in [0, 0.05) is 4.88 Å². The van der Waals surface area contributed by atoms with Crippen molar-refractivity contribution >= 4 is 23.2 Å². The highest BCUT2D eigenvalue weighted by molar-refractivity contribution is 7.09. The molecule has 5 heteroatoms. The lowest BCUT2D eigenvalue weighted by Gasteiger charge is -2.12. The van der Waals surface area contributed by atoms with E-state index in [9.17, 15) is 14.7 Å². The van der Waals surface area contributed by atoms with E-state index in [2.05, 4.69) is 5.32 Å². The number of carboxylic acid groups (broad SMARTS) is 1. The highest BCUT2D eigenvalue weighted by atomic mass is 32.1. The molecular formula is C19H15NO3S. The Morgan fingerprint density at radius 1 is 0.958 bits per heavy atom. The molecule has 2 N–H and O–H groups in total. The van der Waals surface area contributed by atoms with E-state index in [1.165, 1.54) is 11.3 Å². The van der Waals surface area contributed by atoms with E-state index in [0.717, 1.165) is 10.4 Å². The number of benzene rings is 2. The van der Waals surface area contributed by atoms with Gasteiger partial charge in [0.2, 0.25) is 0 Å². The van der Waals surface area contributed by atoms with Crippen LogP contribution >= 0.6 is 11.3 Å². The van der Waals surface area contributed by atoms with E-state index >= 15 is 0 Å². The van der Waals surface area contributed by atoms with Crippen LogP contribution < -0.4 is 5.32 Å². The van der Waals surface area contributed by atoms with Crippen LogP contribution in [0, 0.1) is 0 Å². The molecule has 120 valence electrons. The standard InChI is InChI=1S/C19H15NO3S/c21-18(20-12-14-8-5-11-24-14)16-10-4-9-15(17(16)19(22)23)13-6-2-1-3-7-13/h1-11H,12H2,(H,20,21)(H,22,23). The van der Waals surface area contributed by atoms with Gasteiger partial charge < -0.3 is 10.4 Å². The van der Waals surface area contributed by atoms with Gasteiger partial charge in [-0.3, -0.25) is 4.79 Å². The van der Waals surface area contributed by atoms with Gasteiger partial charge in [0.15, 0.2) is 0 Å². The Morgan fingerprint density at radius 3 is 2.42 bits per heavy atom. The van der Waals surface area contributed by atoms with Crippen molar-refractivity contribution in [3.8, 4) is 11.1 Å². The topological polar surface area (TPSA) is 66.4 Å². The van der Waals surface area contributed by atoms with E-state index < -0.39 is 11.9 Å². The van der Waals surface area contributed by atoms with E-state index in [1.807, 2.05) is 47.8 Å². The lowest BCUT2D eigenvalue weighted by molar-refractivity contribution is 0.0692. The fourth-order valence-electron chi connectivity index (χ4n) is 2.51. The second kappa shape index (κ2) is 7.10. The molecule has 1 aromatic heterocycles. The number of carbonyl (C=O) groups excluding carboxylic acids is 1. The molecule has 24 heavy (non-hydrogen) atoms. The minimum Gasteiger partial charge on any atom is -0.478 e. The third kappa shape index (κ3) is 3.36. The Kier molecular flexibility index (Phi) is 4.72. The summed E-state index contributed by atoms with van der Waals surface area (Å²) in [5.41, 5.74) is 1.49. The van der Waals surface area contributed by atoms with Crippen molar-refractivity contribution in [2.24, 2.45) is 0 Å². The van der Waals surface area contributed by atoms with Gasteiger partial charge in [0.1, 0.15) is 0 Å². The molecule has 1 amide bonds.